The lowest BCUT2D eigenvalue weighted by atomic mass is 10.3. The van der Waals surface area contributed by atoms with Gasteiger partial charge in [-0.05, 0) is 0 Å². The van der Waals surface area contributed by atoms with Crippen molar-refractivity contribution in [3.63, 3.8) is 0 Å². The van der Waals surface area contributed by atoms with E-state index >= 15 is 0 Å². The summed E-state index contributed by atoms with van der Waals surface area (Å²) in [4.78, 5) is 36.5. The SMILES string of the molecule is NCC(O)CN1CCN(CO[PH](=O)O)CCN(CC(=O)O)CCN(CO[PH](=O)O)CC1. The minimum absolute atomic E-state index is 0.0762. The molecule has 0 aromatic heterocycles. The Bertz CT molecular complexity index is 543. The van der Waals surface area contributed by atoms with Gasteiger partial charge >= 0.3 is 22.5 Å². The zero-order chi connectivity index (χ0) is 23.2. The molecule has 0 aliphatic carbocycles. The summed E-state index contributed by atoms with van der Waals surface area (Å²) in [5, 5.41) is 19.1. The fourth-order valence-electron chi connectivity index (χ4n) is 3.03. The second-order valence-electron chi connectivity index (χ2n) is 7.17. The number of carboxylic acids is 1. The maximum atomic E-state index is 11.2. The Balaban J connectivity index is 2.90. The third-order valence-corrected chi connectivity index (χ3v) is 5.52. The van der Waals surface area contributed by atoms with Gasteiger partial charge in [-0.2, -0.15) is 0 Å². The second kappa shape index (κ2) is 16.2. The predicted octanol–water partition coefficient (Wildman–Crippen LogP) is -2.68. The zero-order valence-electron chi connectivity index (χ0n) is 17.5. The smallest absolute Gasteiger partial charge is 0.317 e. The maximum absolute atomic E-state index is 11.2. The van der Waals surface area contributed by atoms with E-state index in [-0.39, 0.29) is 26.6 Å². The van der Waals surface area contributed by atoms with Crippen LogP contribution >= 0.6 is 16.5 Å². The average Bonchev–Trinajstić information content (AvgIpc) is 2.69. The van der Waals surface area contributed by atoms with Crippen LogP contribution in [0.25, 0.3) is 0 Å². The number of carboxylic acid groups (broad SMARTS) is 1. The molecule has 1 fully saturated rings. The predicted molar refractivity (Wildman–Crippen MR) is 113 cm³/mol. The number of nitrogens with two attached hydrogens (primary N) is 1. The Kier molecular flexibility index (Phi) is 14.9. The first-order valence-corrected chi connectivity index (χ1v) is 12.4. The minimum atomic E-state index is -3.11. The molecule has 3 atom stereocenters. The lowest BCUT2D eigenvalue weighted by Crippen LogP contribution is -2.48. The van der Waals surface area contributed by atoms with Gasteiger partial charge in [-0.1, -0.05) is 0 Å². The number of nitrogens with zero attached hydrogens (tertiary/aromatic N) is 4. The van der Waals surface area contributed by atoms with Crippen LogP contribution in [0.4, 0.5) is 0 Å². The summed E-state index contributed by atoms with van der Waals surface area (Å²) in [5.41, 5.74) is 5.52. The molecule has 0 aromatic carbocycles. The molecule has 1 aliphatic heterocycles. The van der Waals surface area contributed by atoms with E-state index in [0.717, 1.165) is 0 Å². The quantitative estimate of drug-likeness (QED) is 0.188. The van der Waals surface area contributed by atoms with Gasteiger partial charge in [-0.3, -0.25) is 42.6 Å². The zero-order valence-corrected chi connectivity index (χ0v) is 19.5. The number of aliphatic hydroxyl groups excluding tert-OH is 1. The minimum Gasteiger partial charge on any atom is -0.480 e. The molecule has 0 saturated carbocycles. The van der Waals surface area contributed by atoms with Crippen LogP contribution in [-0.2, 0) is 23.0 Å². The van der Waals surface area contributed by atoms with Crippen molar-refractivity contribution in [3.8, 4) is 0 Å². The van der Waals surface area contributed by atoms with Gasteiger partial charge in [0.05, 0.1) is 12.6 Å². The average molecular weight is 491 g/mol. The van der Waals surface area contributed by atoms with E-state index in [2.05, 4.69) is 0 Å². The van der Waals surface area contributed by atoms with Crippen LogP contribution in [0.2, 0.25) is 0 Å². The second-order valence-corrected chi connectivity index (χ2v) is 8.82. The van der Waals surface area contributed by atoms with Gasteiger partial charge in [0.1, 0.15) is 13.5 Å². The third kappa shape index (κ3) is 14.3. The van der Waals surface area contributed by atoms with Crippen LogP contribution in [0.15, 0.2) is 0 Å². The Labute approximate surface area is 183 Å². The highest BCUT2D eigenvalue weighted by molar-refractivity contribution is 7.32. The summed E-state index contributed by atoms with van der Waals surface area (Å²) in [5.74, 6) is -0.986. The van der Waals surface area contributed by atoms with Crippen LogP contribution in [0.1, 0.15) is 0 Å². The van der Waals surface area contributed by atoms with Crippen LogP contribution in [-0.4, -0.2) is 137 Å². The number of hydrogen-bond donors (Lipinski definition) is 5. The van der Waals surface area contributed by atoms with Crippen molar-refractivity contribution < 1.29 is 43.0 Å². The molecule has 3 unspecified atom stereocenters. The summed E-state index contributed by atoms with van der Waals surface area (Å²) >= 11 is 0. The van der Waals surface area contributed by atoms with E-state index in [0.29, 0.717) is 58.9 Å². The number of aliphatic carboxylic acids is 1. The lowest BCUT2D eigenvalue weighted by Gasteiger charge is -2.34. The highest BCUT2D eigenvalue weighted by atomic mass is 31.1. The number of aliphatic hydroxyl groups is 1. The van der Waals surface area contributed by atoms with Gasteiger partial charge < -0.3 is 25.7 Å². The van der Waals surface area contributed by atoms with E-state index in [1.54, 1.807) is 14.7 Å². The van der Waals surface area contributed by atoms with Gasteiger partial charge in [-0.25, -0.2) is 0 Å². The van der Waals surface area contributed by atoms with E-state index < -0.39 is 28.6 Å². The van der Waals surface area contributed by atoms with Crippen molar-refractivity contribution in [2.24, 2.45) is 5.73 Å². The van der Waals surface area contributed by atoms with E-state index in [1.165, 1.54) is 0 Å². The van der Waals surface area contributed by atoms with E-state index in [1.807, 2.05) is 4.90 Å². The molecule has 1 saturated heterocycles. The summed E-state index contributed by atoms with van der Waals surface area (Å²) in [7, 11) is -6.21. The number of hydrogen-bond acceptors (Lipinski definition) is 11. The van der Waals surface area contributed by atoms with Crippen molar-refractivity contribution in [3.05, 3.63) is 0 Å². The van der Waals surface area contributed by atoms with Gasteiger partial charge in [-0.15, -0.1) is 0 Å². The largest absolute Gasteiger partial charge is 0.480 e. The molecule has 0 radical (unpaired) electrons. The number of β-amino-alcohol motifs (C(OH)–C–C–N with tert-alkyl or cyclic N) is 1. The van der Waals surface area contributed by atoms with Crippen molar-refractivity contribution >= 4 is 22.5 Å². The Morgan fingerprint density at radius 1 is 0.839 bits per heavy atom. The Morgan fingerprint density at radius 3 is 1.58 bits per heavy atom. The van der Waals surface area contributed by atoms with E-state index in [4.69, 9.17) is 24.6 Å². The van der Waals surface area contributed by atoms with Crippen molar-refractivity contribution in [1.29, 1.82) is 0 Å². The van der Waals surface area contributed by atoms with Crippen LogP contribution < -0.4 is 5.73 Å². The molecule has 0 spiro atoms. The van der Waals surface area contributed by atoms with Crippen LogP contribution in [0.5, 0.6) is 0 Å². The molecular weight excluding hydrogens is 456 g/mol. The summed E-state index contributed by atoms with van der Waals surface area (Å²) in [6.45, 7) is 3.52. The monoisotopic (exact) mass is 491 g/mol. The van der Waals surface area contributed by atoms with Gasteiger partial charge in [0, 0.05) is 65.4 Å². The molecule has 1 heterocycles. The number of rotatable bonds is 11. The highest BCUT2D eigenvalue weighted by Gasteiger charge is 2.19. The molecule has 16 heteroatoms. The van der Waals surface area contributed by atoms with E-state index in [9.17, 15) is 24.1 Å². The highest BCUT2D eigenvalue weighted by Crippen LogP contribution is 2.16. The fourth-order valence-corrected chi connectivity index (χ4v) is 3.62. The maximum Gasteiger partial charge on any atom is 0.317 e. The molecular formula is C15H35N5O9P2. The summed E-state index contributed by atoms with van der Waals surface area (Å²) in [6.07, 6.45) is -0.726. The molecule has 184 valence electrons. The molecule has 0 amide bonds. The molecule has 1 rings (SSSR count). The third-order valence-electron chi connectivity index (χ3n) is 4.77. The van der Waals surface area contributed by atoms with Crippen LogP contribution in [0, 0.1) is 0 Å². The van der Waals surface area contributed by atoms with Gasteiger partial charge in [0.2, 0.25) is 0 Å². The molecule has 31 heavy (non-hydrogen) atoms. The molecule has 14 nitrogen and oxygen atoms in total. The molecule has 6 N–H and O–H groups in total. The fraction of sp³-hybridized carbons (Fsp3) is 0.933. The summed E-state index contributed by atoms with van der Waals surface area (Å²) < 4.78 is 31.6. The van der Waals surface area contributed by atoms with Gasteiger partial charge in [0.25, 0.3) is 0 Å². The Hall–Kier alpha value is -0.470. The first kappa shape index (κ1) is 28.6. The molecule has 0 bridgehead atoms. The summed E-state index contributed by atoms with van der Waals surface area (Å²) in [6, 6.07) is 0. The Morgan fingerprint density at radius 2 is 1.23 bits per heavy atom. The van der Waals surface area contributed by atoms with Gasteiger partial charge in [0.15, 0.2) is 0 Å². The lowest BCUT2D eigenvalue weighted by molar-refractivity contribution is -0.138. The normalized spacial score (nSPS) is 22.3. The molecule has 0 aromatic rings. The first-order chi connectivity index (χ1) is 14.7. The first-order valence-electron chi connectivity index (χ1n) is 9.90. The standard InChI is InChI=1S/C15H35N5O9P2/c16-9-14(21)10-17-1-5-19(12-28-30(24)25)7-3-18(11-15(22)23)4-8-20(6-2-17)13-29-31(26)27/h14,21,30-31H,1-13,16H2,(H,22,23)(H,24,25)(H,26,27). The van der Waals surface area contributed by atoms with Crippen molar-refractivity contribution in [2.45, 2.75) is 6.10 Å². The molecule has 1 aliphatic rings. The van der Waals surface area contributed by atoms with Crippen LogP contribution in [0.3, 0.4) is 0 Å². The topological polar surface area (TPSA) is 190 Å². The van der Waals surface area contributed by atoms with Crippen molar-refractivity contribution in [2.75, 3.05) is 85.5 Å². The van der Waals surface area contributed by atoms with Crippen molar-refractivity contribution in [1.82, 2.24) is 19.6 Å². The number of carbonyl (C=O) groups is 1.